The van der Waals surface area contributed by atoms with Crippen LogP contribution in [0.3, 0.4) is 0 Å². The number of aliphatic hydroxyl groups is 5. The van der Waals surface area contributed by atoms with Gasteiger partial charge in [0.25, 0.3) is 0 Å². The molecule has 2 heterocycles. The fourth-order valence-corrected chi connectivity index (χ4v) is 12.9. The average Bonchev–Trinajstić information content (AvgIpc) is 3.32. The maximum absolute atomic E-state index is 12.2. The first-order chi connectivity index (χ1) is 20.3. The Balaban J connectivity index is 1.25. The Kier molecular flexibility index (Phi) is 8.28. The Morgan fingerprint density at radius 1 is 0.727 bits per heavy atom. The Morgan fingerprint density at radius 2 is 1.41 bits per heavy atom. The summed E-state index contributed by atoms with van der Waals surface area (Å²) in [5, 5.41) is 53.2. The van der Waals surface area contributed by atoms with Crippen molar-refractivity contribution in [3.05, 3.63) is 0 Å². The highest BCUT2D eigenvalue weighted by molar-refractivity contribution is 5.20. The van der Waals surface area contributed by atoms with E-state index in [-0.39, 0.29) is 51.0 Å². The van der Waals surface area contributed by atoms with Crippen LogP contribution in [0.5, 0.6) is 0 Å². The minimum atomic E-state index is -1.45. The van der Waals surface area contributed by atoms with Crippen molar-refractivity contribution in [1.82, 2.24) is 0 Å². The summed E-state index contributed by atoms with van der Waals surface area (Å²) in [4.78, 5) is 0. The van der Waals surface area contributed by atoms with E-state index in [4.69, 9.17) is 14.2 Å². The van der Waals surface area contributed by atoms with Crippen LogP contribution < -0.4 is 0 Å². The molecule has 0 aromatic heterocycles. The molecular weight excluding hydrogens is 560 g/mol. The van der Waals surface area contributed by atoms with Crippen molar-refractivity contribution in [3.8, 4) is 0 Å². The van der Waals surface area contributed by atoms with Crippen molar-refractivity contribution in [1.29, 1.82) is 0 Å². The molecule has 6 fully saturated rings. The lowest BCUT2D eigenvalue weighted by Crippen LogP contribution is -2.67. The molecule has 2 saturated heterocycles. The van der Waals surface area contributed by atoms with Gasteiger partial charge in [0, 0.05) is 0 Å². The fourth-order valence-electron chi connectivity index (χ4n) is 12.9. The first kappa shape index (κ1) is 33.6. The molecule has 0 aromatic carbocycles. The van der Waals surface area contributed by atoms with Crippen LogP contribution in [0, 0.1) is 45.3 Å². The zero-order valence-corrected chi connectivity index (χ0v) is 28.6. The van der Waals surface area contributed by atoms with E-state index in [1.54, 1.807) is 0 Å². The molecule has 5 N–H and O–H groups in total. The molecule has 8 nitrogen and oxygen atoms in total. The van der Waals surface area contributed by atoms with Crippen molar-refractivity contribution in [2.24, 2.45) is 45.3 Å². The van der Waals surface area contributed by atoms with E-state index in [2.05, 4.69) is 55.4 Å². The number of hydrogen-bond donors (Lipinski definition) is 5. The summed E-state index contributed by atoms with van der Waals surface area (Å²) in [7, 11) is 0. The Hall–Kier alpha value is -0.320. The molecule has 15 atom stereocenters. The Morgan fingerprint density at radius 3 is 2.07 bits per heavy atom. The van der Waals surface area contributed by atoms with Gasteiger partial charge in [0.05, 0.1) is 30.0 Å². The molecule has 2 aliphatic heterocycles. The smallest absolute Gasteiger partial charge is 0.186 e. The van der Waals surface area contributed by atoms with E-state index in [1.165, 1.54) is 6.42 Å². The van der Waals surface area contributed by atoms with Crippen molar-refractivity contribution in [3.63, 3.8) is 0 Å². The molecule has 0 amide bonds. The lowest BCUT2D eigenvalue weighted by atomic mass is 9.35. The van der Waals surface area contributed by atoms with Crippen LogP contribution in [0.1, 0.15) is 120 Å². The van der Waals surface area contributed by atoms with Crippen LogP contribution in [-0.2, 0) is 14.2 Å². The van der Waals surface area contributed by atoms with Gasteiger partial charge in [-0.05, 0) is 130 Å². The lowest BCUT2D eigenvalue weighted by Gasteiger charge is -2.71. The normalized spacial score (nSPS) is 56.8. The first-order valence-corrected chi connectivity index (χ1v) is 17.7. The minimum absolute atomic E-state index is 0.0199. The topological polar surface area (TPSA) is 129 Å². The fraction of sp³-hybridized carbons (Fsp3) is 1.00. The number of rotatable bonds is 4. The van der Waals surface area contributed by atoms with Crippen molar-refractivity contribution in [2.75, 3.05) is 6.61 Å². The molecule has 0 aromatic rings. The maximum Gasteiger partial charge on any atom is 0.186 e. The predicted molar refractivity (Wildman–Crippen MR) is 166 cm³/mol. The van der Waals surface area contributed by atoms with E-state index in [0.717, 1.165) is 57.8 Å². The zero-order valence-electron chi connectivity index (χ0n) is 28.6. The van der Waals surface area contributed by atoms with E-state index in [0.29, 0.717) is 17.8 Å². The van der Waals surface area contributed by atoms with Crippen LogP contribution in [0.15, 0.2) is 0 Å². The predicted octanol–water partition coefficient (Wildman–Crippen LogP) is 4.57. The molecule has 0 radical (unpaired) electrons. The van der Waals surface area contributed by atoms with Gasteiger partial charge in [0.2, 0.25) is 0 Å². The second-order valence-corrected chi connectivity index (χ2v) is 18.2. The van der Waals surface area contributed by atoms with Crippen molar-refractivity contribution >= 4 is 0 Å². The van der Waals surface area contributed by atoms with Gasteiger partial charge in [-0.3, -0.25) is 0 Å². The van der Waals surface area contributed by atoms with E-state index in [9.17, 15) is 25.5 Å². The first-order valence-electron chi connectivity index (χ1n) is 17.7. The third kappa shape index (κ3) is 4.74. The van der Waals surface area contributed by atoms with E-state index in [1.807, 2.05) is 0 Å². The largest absolute Gasteiger partial charge is 0.394 e. The molecule has 254 valence electrons. The number of hydrogen-bond acceptors (Lipinski definition) is 8. The number of fused-ring (bicyclic) bond motifs is 5. The minimum Gasteiger partial charge on any atom is -0.394 e. The van der Waals surface area contributed by atoms with Crippen molar-refractivity contribution in [2.45, 2.75) is 174 Å². The Labute approximate surface area is 265 Å². The molecule has 6 rings (SSSR count). The molecule has 6 aliphatic rings. The Bertz CT molecular complexity index is 1080. The molecule has 8 heteroatoms. The second-order valence-electron chi connectivity index (χ2n) is 18.2. The quantitative estimate of drug-likeness (QED) is 0.289. The third-order valence-corrected chi connectivity index (χ3v) is 15.2. The summed E-state index contributed by atoms with van der Waals surface area (Å²) < 4.78 is 19.1. The summed E-state index contributed by atoms with van der Waals surface area (Å²) in [6.45, 7) is 18.4. The van der Waals surface area contributed by atoms with Crippen LogP contribution in [0.4, 0.5) is 0 Å². The van der Waals surface area contributed by atoms with Crippen molar-refractivity contribution < 1.29 is 39.7 Å². The average molecular weight is 623 g/mol. The molecule has 0 spiro atoms. The highest BCUT2D eigenvalue weighted by Crippen LogP contribution is 2.76. The lowest BCUT2D eigenvalue weighted by molar-refractivity contribution is -0.332. The molecular formula is C36H62O8. The summed E-state index contributed by atoms with van der Waals surface area (Å²) >= 11 is 0. The summed E-state index contributed by atoms with van der Waals surface area (Å²) in [5.41, 5.74) is -0.397. The SMILES string of the molecule is CC1(C)CCC[C@](C)([C@H]2CC[C@]3(C)[C@@H]2[C@H](O)C[C@@H]2[C@@]4(C)CC[C@H](O[C@@H]5O[C@H](CO)[C@@H](O)[C@H](O)[C@H]5O)C(C)(C)[C@@H]4CC[C@]23C)O1. The summed E-state index contributed by atoms with van der Waals surface area (Å²) in [6.07, 6.45) is 3.45. The monoisotopic (exact) mass is 622 g/mol. The molecule has 0 unspecified atom stereocenters. The van der Waals surface area contributed by atoms with Gasteiger partial charge in [-0.25, -0.2) is 0 Å². The maximum atomic E-state index is 12.2. The van der Waals surface area contributed by atoms with Gasteiger partial charge in [-0.2, -0.15) is 0 Å². The molecule has 0 bridgehead atoms. The molecule has 44 heavy (non-hydrogen) atoms. The standard InChI is InChI=1S/C36H62O8/c1-31(2)13-9-14-36(8,44-31)20-10-16-35(7)26(20)21(38)18-24-33(5)15-12-25(32(3,4)23(33)11-17-34(24,35)6)43-30-29(41)28(40)27(39)22(19-37)42-30/h20-30,37-41H,9-19H2,1-8H3/t20-,21+,22+,23-,24+,25-,26-,27+,28-,29+,30-,33-,34+,35+,36+/m0/s1. The summed E-state index contributed by atoms with van der Waals surface area (Å²) in [5.74, 6) is 1.33. The van der Waals surface area contributed by atoms with Crippen LogP contribution in [0.2, 0.25) is 0 Å². The van der Waals surface area contributed by atoms with Gasteiger partial charge in [-0.1, -0.05) is 34.6 Å². The van der Waals surface area contributed by atoms with Gasteiger partial charge in [0.1, 0.15) is 24.4 Å². The van der Waals surface area contributed by atoms with Crippen LogP contribution >= 0.6 is 0 Å². The van der Waals surface area contributed by atoms with E-state index >= 15 is 0 Å². The van der Waals surface area contributed by atoms with Gasteiger partial charge in [-0.15, -0.1) is 0 Å². The summed E-state index contributed by atoms with van der Waals surface area (Å²) in [6, 6.07) is 0. The van der Waals surface area contributed by atoms with Crippen LogP contribution in [-0.4, -0.2) is 86.3 Å². The highest BCUT2D eigenvalue weighted by atomic mass is 16.7. The second kappa shape index (κ2) is 10.8. The van der Waals surface area contributed by atoms with E-state index < -0.39 is 37.3 Å². The zero-order chi connectivity index (χ0) is 32.3. The number of ether oxygens (including phenoxy) is 3. The van der Waals surface area contributed by atoms with Gasteiger partial charge < -0.3 is 39.7 Å². The highest BCUT2D eigenvalue weighted by Gasteiger charge is 2.72. The van der Waals surface area contributed by atoms with Gasteiger partial charge >= 0.3 is 0 Å². The molecule has 4 aliphatic carbocycles. The third-order valence-electron chi connectivity index (χ3n) is 15.2. The van der Waals surface area contributed by atoms with Crippen LogP contribution in [0.25, 0.3) is 0 Å². The number of aliphatic hydroxyl groups excluding tert-OH is 5. The van der Waals surface area contributed by atoms with Gasteiger partial charge in [0.15, 0.2) is 6.29 Å². The molecule has 4 saturated carbocycles.